The summed E-state index contributed by atoms with van der Waals surface area (Å²) < 4.78 is 13.1. The summed E-state index contributed by atoms with van der Waals surface area (Å²) in [5.74, 6) is -0.271. The number of carbonyl (C=O) groups excluding carboxylic acids is 2. The summed E-state index contributed by atoms with van der Waals surface area (Å²) in [7, 11) is 0. The smallest absolute Gasteiger partial charge is 0.253 e. The molecule has 2 N–H and O–H groups in total. The van der Waals surface area contributed by atoms with Crippen LogP contribution >= 0.6 is 0 Å². The van der Waals surface area contributed by atoms with Crippen molar-refractivity contribution in [1.82, 2.24) is 10.2 Å². The Morgan fingerprint density at radius 1 is 0.968 bits per heavy atom. The van der Waals surface area contributed by atoms with Crippen LogP contribution in [0.5, 0.6) is 0 Å². The van der Waals surface area contributed by atoms with Crippen LogP contribution in [0.3, 0.4) is 0 Å². The van der Waals surface area contributed by atoms with E-state index in [1.807, 2.05) is 0 Å². The third-order valence-electron chi connectivity index (χ3n) is 7.86. The number of piperidine rings is 2. The van der Waals surface area contributed by atoms with Gasteiger partial charge in [-0.25, -0.2) is 4.39 Å². The molecule has 2 aliphatic heterocycles. The Morgan fingerprint density at radius 2 is 1.58 bits per heavy atom. The van der Waals surface area contributed by atoms with Crippen LogP contribution in [-0.2, 0) is 4.79 Å². The Hall–Kier alpha value is -1.95. The molecule has 0 bridgehead atoms. The zero-order chi connectivity index (χ0) is 21.7. The van der Waals surface area contributed by atoms with Crippen molar-refractivity contribution in [1.29, 1.82) is 0 Å². The van der Waals surface area contributed by atoms with Crippen molar-refractivity contribution in [3.05, 3.63) is 35.6 Å². The van der Waals surface area contributed by atoms with Crippen molar-refractivity contribution < 1.29 is 18.9 Å². The van der Waals surface area contributed by atoms with Crippen LogP contribution in [0.25, 0.3) is 0 Å². The predicted molar refractivity (Wildman–Crippen MR) is 118 cm³/mol. The van der Waals surface area contributed by atoms with E-state index in [2.05, 4.69) is 5.32 Å². The summed E-state index contributed by atoms with van der Waals surface area (Å²) in [6.45, 7) is 4.46. The normalized spacial score (nSPS) is 22.8. The Morgan fingerprint density at radius 3 is 2.23 bits per heavy atom. The van der Waals surface area contributed by atoms with Gasteiger partial charge in [-0.2, -0.15) is 0 Å². The summed E-state index contributed by atoms with van der Waals surface area (Å²) >= 11 is 0. The summed E-state index contributed by atoms with van der Waals surface area (Å²) in [4.78, 5) is 29.1. The lowest BCUT2D eigenvalue weighted by atomic mass is 9.79. The fourth-order valence-electron chi connectivity index (χ4n) is 5.91. The molecular formula is C25H37FN3O2+. The molecule has 1 saturated carbocycles. The molecule has 3 aliphatic rings. The molecule has 1 aromatic carbocycles. The number of carbonyl (C=O) groups is 2. The minimum atomic E-state index is -0.339. The second-order valence-corrected chi connectivity index (χ2v) is 9.80. The predicted octanol–water partition coefficient (Wildman–Crippen LogP) is 2.57. The van der Waals surface area contributed by atoms with Crippen molar-refractivity contribution in [2.24, 2.45) is 5.92 Å². The minimum absolute atomic E-state index is 0.0192. The second kappa shape index (κ2) is 10.1. The summed E-state index contributed by atoms with van der Waals surface area (Å²) in [6.07, 6.45) is 11.7. The number of quaternary nitrogens is 1. The number of halogens is 1. The molecule has 4 rings (SSSR count). The highest BCUT2D eigenvalue weighted by molar-refractivity contribution is 5.94. The minimum Gasteiger partial charge on any atom is -0.350 e. The second-order valence-electron chi connectivity index (χ2n) is 9.80. The first kappa shape index (κ1) is 22.3. The Kier molecular flexibility index (Phi) is 7.26. The van der Waals surface area contributed by atoms with Gasteiger partial charge in [0.05, 0.1) is 19.6 Å². The van der Waals surface area contributed by atoms with Gasteiger partial charge in [-0.05, 0) is 69.2 Å². The maximum absolute atomic E-state index is 13.1. The standard InChI is InChI=1S/C25H36FN3O2/c26-22-9-7-21(8-10-22)24(31)28-17-11-20(12-18-28)23(30)27-19-25(13-3-1-4-14-25)29-15-5-2-6-16-29/h7-10,20H,1-6,11-19H2,(H,27,30)/p+1. The molecule has 2 heterocycles. The monoisotopic (exact) mass is 430 g/mol. The number of nitrogens with one attached hydrogen (secondary N) is 2. The molecule has 0 spiro atoms. The van der Waals surface area contributed by atoms with Crippen LogP contribution in [0.4, 0.5) is 4.39 Å². The van der Waals surface area contributed by atoms with E-state index in [0.29, 0.717) is 31.5 Å². The van der Waals surface area contributed by atoms with Gasteiger partial charge < -0.3 is 15.1 Å². The number of hydrogen-bond donors (Lipinski definition) is 2. The van der Waals surface area contributed by atoms with Crippen LogP contribution in [0, 0.1) is 11.7 Å². The maximum atomic E-state index is 13.1. The topological polar surface area (TPSA) is 53.9 Å². The number of nitrogens with zero attached hydrogens (tertiary/aromatic N) is 1. The van der Waals surface area contributed by atoms with Gasteiger partial charge in [0.25, 0.3) is 5.91 Å². The van der Waals surface area contributed by atoms with E-state index >= 15 is 0 Å². The largest absolute Gasteiger partial charge is 0.350 e. The maximum Gasteiger partial charge on any atom is 0.253 e. The third kappa shape index (κ3) is 5.28. The van der Waals surface area contributed by atoms with E-state index < -0.39 is 0 Å². The van der Waals surface area contributed by atoms with Gasteiger partial charge in [0, 0.05) is 37.4 Å². The van der Waals surface area contributed by atoms with E-state index in [1.165, 1.54) is 88.7 Å². The summed E-state index contributed by atoms with van der Waals surface area (Å²) in [6, 6.07) is 5.70. The van der Waals surface area contributed by atoms with Gasteiger partial charge in [-0.3, -0.25) is 9.59 Å². The molecule has 6 heteroatoms. The molecule has 170 valence electrons. The Bertz CT molecular complexity index is 747. The zero-order valence-electron chi connectivity index (χ0n) is 18.6. The number of benzene rings is 1. The van der Waals surface area contributed by atoms with E-state index in [9.17, 15) is 14.0 Å². The number of amides is 2. The van der Waals surface area contributed by atoms with E-state index in [-0.39, 0.29) is 29.1 Å². The highest BCUT2D eigenvalue weighted by atomic mass is 19.1. The van der Waals surface area contributed by atoms with Crippen LogP contribution < -0.4 is 10.2 Å². The molecule has 0 radical (unpaired) electrons. The molecule has 31 heavy (non-hydrogen) atoms. The highest BCUT2D eigenvalue weighted by Crippen LogP contribution is 2.27. The first-order chi connectivity index (χ1) is 15.1. The van der Waals surface area contributed by atoms with E-state index in [4.69, 9.17) is 0 Å². The van der Waals surface area contributed by atoms with Crippen molar-refractivity contribution in [2.45, 2.75) is 69.7 Å². The Labute approximate surface area is 185 Å². The summed E-state index contributed by atoms with van der Waals surface area (Å²) in [5.41, 5.74) is 0.737. The molecule has 0 atom stereocenters. The summed E-state index contributed by atoms with van der Waals surface area (Å²) in [5, 5.41) is 3.34. The van der Waals surface area contributed by atoms with Gasteiger partial charge in [0.1, 0.15) is 11.4 Å². The number of rotatable bonds is 5. The molecule has 1 aromatic rings. The average molecular weight is 431 g/mol. The van der Waals surface area contributed by atoms with E-state index in [0.717, 1.165) is 6.54 Å². The van der Waals surface area contributed by atoms with Crippen LogP contribution in [0.15, 0.2) is 24.3 Å². The van der Waals surface area contributed by atoms with Gasteiger partial charge in [0.2, 0.25) is 5.91 Å². The molecule has 2 amide bonds. The molecule has 3 fully saturated rings. The van der Waals surface area contributed by atoms with Crippen LogP contribution in [0.1, 0.15) is 74.6 Å². The van der Waals surface area contributed by atoms with Crippen LogP contribution in [-0.4, -0.2) is 55.0 Å². The fraction of sp³-hybridized carbons (Fsp3) is 0.680. The van der Waals surface area contributed by atoms with E-state index in [1.54, 1.807) is 9.80 Å². The average Bonchev–Trinajstić information content (AvgIpc) is 2.84. The number of hydrogen-bond acceptors (Lipinski definition) is 2. The van der Waals surface area contributed by atoms with Gasteiger partial charge in [-0.15, -0.1) is 0 Å². The highest BCUT2D eigenvalue weighted by Gasteiger charge is 2.42. The molecule has 0 unspecified atom stereocenters. The van der Waals surface area contributed by atoms with Gasteiger partial charge in [-0.1, -0.05) is 6.42 Å². The lowest BCUT2D eigenvalue weighted by molar-refractivity contribution is -0.957. The molecule has 5 nitrogen and oxygen atoms in total. The first-order valence-corrected chi connectivity index (χ1v) is 12.3. The molecular weight excluding hydrogens is 393 g/mol. The Balaban J connectivity index is 1.29. The van der Waals surface area contributed by atoms with Gasteiger partial charge >= 0.3 is 0 Å². The lowest BCUT2D eigenvalue weighted by Gasteiger charge is -2.45. The SMILES string of the molecule is O=C(NCC1([NH+]2CCCCC2)CCCCC1)C1CCN(C(=O)c2ccc(F)cc2)CC1. The lowest BCUT2D eigenvalue weighted by Crippen LogP contribution is -3.22. The van der Waals surface area contributed by atoms with Crippen molar-refractivity contribution in [2.75, 3.05) is 32.7 Å². The van der Waals surface area contributed by atoms with Crippen molar-refractivity contribution in [3.63, 3.8) is 0 Å². The van der Waals surface area contributed by atoms with Crippen molar-refractivity contribution in [3.8, 4) is 0 Å². The van der Waals surface area contributed by atoms with Crippen LogP contribution in [0.2, 0.25) is 0 Å². The quantitative estimate of drug-likeness (QED) is 0.755. The fourth-order valence-corrected chi connectivity index (χ4v) is 5.91. The molecule has 0 aromatic heterocycles. The molecule has 2 saturated heterocycles. The van der Waals surface area contributed by atoms with Gasteiger partial charge in [0.15, 0.2) is 0 Å². The zero-order valence-corrected chi connectivity index (χ0v) is 18.6. The first-order valence-electron chi connectivity index (χ1n) is 12.3. The third-order valence-corrected chi connectivity index (χ3v) is 7.86. The number of likely N-dealkylation sites (tertiary alicyclic amines) is 2. The van der Waals surface area contributed by atoms with Crippen molar-refractivity contribution >= 4 is 11.8 Å². The molecule has 1 aliphatic carbocycles.